The van der Waals surface area contributed by atoms with Gasteiger partial charge in [0.1, 0.15) is 30.4 Å². The number of aliphatic hydroxyl groups excluding tert-OH is 1. The van der Waals surface area contributed by atoms with Gasteiger partial charge in [0.15, 0.2) is 23.3 Å². The molecule has 8 N–H and O–H groups in total. The first kappa shape index (κ1) is 23.9. The first-order valence-electron chi connectivity index (χ1n) is 10.0. The zero-order valence-corrected chi connectivity index (χ0v) is 18.5. The number of ether oxygens (including phenoxy) is 3. The van der Waals surface area contributed by atoms with Crippen LogP contribution in [0.25, 0.3) is 0 Å². The summed E-state index contributed by atoms with van der Waals surface area (Å²) in [6.07, 6.45) is -1.75. The first-order chi connectivity index (χ1) is 16.1. The summed E-state index contributed by atoms with van der Waals surface area (Å²) in [5.74, 6) is 1.18. The van der Waals surface area contributed by atoms with Gasteiger partial charge in [0.2, 0.25) is 0 Å². The van der Waals surface area contributed by atoms with Gasteiger partial charge in [-0.05, 0) is 12.1 Å². The summed E-state index contributed by atoms with van der Waals surface area (Å²) in [6.45, 7) is -0.0988. The number of nitrogens with one attached hydrogen (secondary N) is 1. The summed E-state index contributed by atoms with van der Waals surface area (Å²) in [4.78, 5) is 38.2. The molecule has 0 aliphatic carbocycles. The zero-order valence-electron chi connectivity index (χ0n) is 17.6. The van der Waals surface area contributed by atoms with E-state index in [9.17, 15) is 14.5 Å². The van der Waals surface area contributed by atoms with Crippen LogP contribution >= 0.6 is 7.82 Å². The number of phosphoric acid groups is 1. The van der Waals surface area contributed by atoms with E-state index in [1.54, 1.807) is 18.2 Å². The second-order valence-electron chi connectivity index (χ2n) is 7.37. The van der Waals surface area contributed by atoms with Gasteiger partial charge >= 0.3 is 13.5 Å². The van der Waals surface area contributed by atoms with Crippen molar-refractivity contribution >= 4 is 25.3 Å². The van der Waals surface area contributed by atoms with Crippen LogP contribution in [0.1, 0.15) is 12.6 Å². The van der Waals surface area contributed by atoms with E-state index in [2.05, 4.69) is 19.8 Å². The predicted molar refractivity (Wildman–Crippen MR) is 117 cm³/mol. The third kappa shape index (κ3) is 5.47. The van der Waals surface area contributed by atoms with Gasteiger partial charge in [-0.2, -0.15) is 4.98 Å². The van der Waals surface area contributed by atoms with Gasteiger partial charge in [-0.3, -0.25) is 14.1 Å². The lowest BCUT2D eigenvalue weighted by Crippen LogP contribution is -2.29. The molecule has 34 heavy (non-hydrogen) atoms. The maximum absolute atomic E-state index is 12.6. The number of nitrogens with two attached hydrogens (primary N) is 2. The van der Waals surface area contributed by atoms with Gasteiger partial charge in [-0.1, -0.05) is 6.07 Å². The van der Waals surface area contributed by atoms with E-state index in [1.165, 1.54) is 6.20 Å². The van der Waals surface area contributed by atoms with E-state index in [1.807, 2.05) is 0 Å². The molecule has 1 fully saturated rings. The molecule has 1 aromatic heterocycles. The summed E-state index contributed by atoms with van der Waals surface area (Å²) < 4.78 is 33.6. The Bertz CT molecular complexity index is 1190. The van der Waals surface area contributed by atoms with Crippen molar-refractivity contribution in [3.05, 3.63) is 34.9 Å². The van der Waals surface area contributed by atoms with Gasteiger partial charge in [-0.25, -0.2) is 9.36 Å². The molecular weight excluding hydrogens is 475 g/mol. The number of aliphatic imine (C=N–C) groups is 1. The molecule has 184 valence electrons. The predicted octanol–water partition coefficient (Wildman–Crippen LogP) is -0.497. The highest BCUT2D eigenvalue weighted by Crippen LogP contribution is 2.45. The number of phosphoric ester groups is 1. The van der Waals surface area contributed by atoms with Crippen LogP contribution in [0.15, 0.2) is 34.2 Å². The van der Waals surface area contributed by atoms with Crippen LogP contribution in [-0.2, 0) is 13.8 Å². The van der Waals surface area contributed by atoms with Gasteiger partial charge < -0.3 is 45.9 Å². The molecule has 2 aliphatic rings. The van der Waals surface area contributed by atoms with Gasteiger partial charge in [0.05, 0.1) is 25.5 Å². The Morgan fingerprint density at radius 3 is 2.88 bits per heavy atom. The molecule has 4 rings (SSSR count). The van der Waals surface area contributed by atoms with Crippen molar-refractivity contribution in [3.63, 3.8) is 0 Å². The lowest BCUT2D eigenvalue weighted by Gasteiger charge is -2.24. The fourth-order valence-corrected chi connectivity index (χ4v) is 3.78. The number of hydrogen-bond donors (Lipinski definition) is 6. The fourth-order valence-electron chi connectivity index (χ4n) is 3.43. The number of anilines is 2. The molecule has 0 amide bonds. The minimum absolute atomic E-state index is 0.0205. The van der Waals surface area contributed by atoms with Crippen LogP contribution in [0.5, 0.6) is 17.2 Å². The number of aromatic nitrogens is 2. The third-order valence-electron chi connectivity index (χ3n) is 4.93. The molecule has 0 radical (unpaired) electrons. The first-order valence-corrected chi connectivity index (χ1v) is 11.6. The van der Waals surface area contributed by atoms with Crippen molar-refractivity contribution in [2.45, 2.75) is 24.9 Å². The normalized spacial score (nSPS) is 21.1. The molecule has 1 aromatic carbocycles. The van der Waals surface area contributed by atoms with E-state index in [4.69, 9.17) is 35.5 Å². The Morgan fingerprint density at radius 1 is 1.35 bits per heavy atom. The number of para-hydroxylation sites is 1. The van der Waals surface area contributed by atoms with E-state index >= 15 is 0 Å². The molecule has 3 atom stereocenters. The highest BCUT2D eigenvalue weighted by atomic mass is 31.2. The lowest BCUT2D eigenvalue weighted by molar-refractivity contribution is -0.0451. The monoisotopic (exact) mass is 498 g/mol. The van der Waals surface area contributed by atoms with Crippen LogP contribution in [0.4, 0.5) is 11.5 Å². The minimum atomic E-state index is -4.74. The highest BCUT2D eigenvalue weighted by Gasteiger charge is 2.37. The second-order valence-corrected chi connectivity index (χ2v) is 8.61. The third-order valence-corrected chi connectivity index (χ3v) is 5.42. The second kappa shape index (κ2) is 9.58. The molecule has 3 heterocycles. The van der Waals surface area contributed by atoms with Crippen molar-refractivity contribution in [2.24, 2.45) is 16.5 Å². The summed E-state index contributed by atoms with van der Waals surface area (Å²) in [5, 5.41) is 13.2. The fraction of sp³-hybridized carbons (Fsp3) is 0.389. The van der Waals surface area contributed by atoms with E-state index < -0.39 is 38.6 Å². The largest absolute Gasteiger partial charge is 0.489 e. The van der Waals surface area contributed by atoms with Crippen molar-refractivity contribution in [1.82, 2.24) is 9.55 Å². The Hall–Kier alpha value is -3.20. The average Bonchev–Trinajstić information content (AvgIpc) is 3.13. The van der Waals surface area contributed by atoms with E-state index in [0.717, 1.165) is 4.57 Å². The number of hydrogen-bond acceptors (Lipinski definition) is 10. The molecule has 1 saturated heterocycles. The van der Waals surface area contributed by atoms with Gasteiger partial charge in [0.25, 0.3) is 0 Å². The number of nitrogens with zero attached hydrogens (tertiary/aromatic N) is 3. The highest BCUT2D eigenvalue weighted by molar-refractivity contribution is 7.46. The Morgan fingerprint density at radius 2 is 2.15 bits per heavy atom. The van der Waals surface area contributed by atoms with Gasteiger partial charge in [0, 0.05) is 6.42 Å². The summed E-state index contributed by atoms with van der Waals surface area (Å²) in [7, 11) is -4.74. The maximum Gasteiger partial charge on any atom is 0.469 e. The maximum atomic E-state index is 12.6. The molecule has 0 unspecified atom stereocenters. The van der Waals surface area contributed by atoms with Crippen molar-refractivity contribution in [3.8, 4) is 17.2 Å². The molecule has 0 saturated carbocycles. The minimum Gasteiger partial charge on any atom is -0.489 e. The van der Waals surface area contributed by atoms with Crippen LogP contribution in [0.3, 0.4) is 0 Å². The summed E-state index contributed by atoms with van der Waals surface area (Å²) in [6, 6.07) is 5.10. The van der Waals surface area contributed by atoms with Crippen LogP contribution in [0.2, 0.25) is 0 Å². The number of rotatable bonds is 8. The zero-order chi connectivity index (χ0) is 24.5. The molecular formula is C18H23N6O9P. The number of guanidine groups is 1. The van der Waals surface area contributed by atoms with Crippen LogP contribution in [0, 0.1) is 0 Å². The average molecular weight is 498 g/mol. The van der Waals surface area contributed by atoms with Crippen molar-refractivity contribution in [2.75, 3.05) is 25.1 Å². The number of aliphatic hydroxyl groups is 1. The Kier molecular flexibility index (Phi) is 6.74. The molecule has 2 aliphatic heterocycles. The lowest BCUT2D eigenvalue weighted by atomic mass is 10.2. The van der Waals surface area contributed by atoms with E-state index in [-0.39, 0.29) is 37.1 Å². The number of benzene rings is 1. The topological polar surface area (TPSA) is 226 Å². The molecule has 16 heteroatoms. The quantitative estimate of drug-likeness (QED) is 0.0998. The summed E-state index contributed by atoms with van der Waals surface area (Å²) >= 11 is 0. The SMILES string of the molecule is NC(N)=NCCOc1cccc2c1Nc1nc(=O)n([C@H]3C[C@H](O)[C@@H](COP(=O)(O)O)O3)cc1O2. The Balaban J connectivity index is 1.50. The Labute approximate surface area is 192 Å². The standard InChI is InChI=1S/C18H23N6O9P/c19-17(20)21-4-5-30-10-2-1-3-11-15(10)22-16-12(32-11)7-24(18(26)23-16)14-6-9(25)13(33-14)8-31-34(27,28)29/h1-3,7,9,13-14,25H,4-6,8H2,(H4,19,20,21)(H,22,23,26)(H2,27,28,29)/t9-,13+,14+/m0/s1. The molecule has 0 bridgehead atoms. The van der Waals surface area contributed by atoms with Crippen molar-refractivity contribution < 1.29 is 38.2 Å². The smallest absolute Gasteiger partial charge is 0.469 e. The molecule has 2 aromatic rings. The summed E-state index contributed by atoms with van der Waals surface area (Å²) in [5.41, 5.74) is 10.4. The molecule has 15 nitrogen and oxygen atoms in total. The molecule has 0 spiro atoms. The van der Waals surface area contributed by atoms with Gasteiger partial charge in [-0.15, -0.1) is 0 Å². The van der Waals surface area contributed by atoms with E-state index in [0.29, 0.717) is 17.2 Å². The van der Waals surface area contributed by atoms with Crippen molar-refractivity contribution in [1.29, 1.82) is 0 Å². The van der Waals surface area contributed by atoms with Crippen LogP contribution in [-0.4, -0.2) is 62.4 Å². The number of fused-ring (bicyclic) bond motifs is 2. The van der Waals surface area contributed by atoms with Crippen LogP contribution < -0.4 is 31.9 Å².